The average molecular weight is 344 g/mol. The van der Waals surface area contributed by atoms with Gasteiger partial charge in [-0.1, -0.05) is 24.2 Å². The van der Waals surface area contributed by atoms with Crippen LogP contribution in [0.2, 0.25) is 0 Å². The summed E-state index contributed by atoms with van der Waals surface area (Å²) in [5.74, 6) is 1.17. The summed E-state index contributed by atoms with van der Waals surface area (Å²) in [6.45, 7) is 5.50. The third-order valence-corrected chi connectivity index (χ3v) is 4.31. The van der Waals surface area contributed by atoms with E-state index in [1.54, 1.807) is 6.92 Å². The highest BCUT2D eigenvalue weighted by atomic mass is 16.5. The quantitative estimate of drug-likeness (QED) is 0.836. The predicted octanol–water partition coefficient (Wildman–Crippen LogP) is 3.03. The Morgan fingerprint density at radius 3 is 3.08 bits per heavy atom. The van der Waals surface area contributed by atoms with E-state index in [2.05, 4.69) is 10.5 Å². The van der Waals surface area contributed by atoms with E-state index in [-0.39, 0.29) is 12.0 Å². The van der Waals surface area contributed by atoms with Crippen molar-refractivity contribution in [1.29, 1.82) is 0 Å². The summed E-state index contributed by atoms with van der Waals surface area (Å²) >= 11 is 0. The molecule has 25 heavy (non-hydrogen) atoms. The Bertz CT molecular complexity index is 720. The normalized spacial score (nSPS) is 16.8. The van der Waals surface area contributed by atoms with Gasteiger partial charge in [0.1, 0.15) is 23.7 Å². The third-order valence-electron chi connectivity index (χ3n) is 4.31. The standard InChI is InChI=1S/C19H24N2O4/c1-3-17-18(13(2)25-21-17)19(22)20-11-14-6-4-7-15(10-14)24-12-16-8-5-9-23-16/h4,6-7,10,16H,3,5,8-9,11-12H2,1-2H3,(H,20,22). The van der Waals surface area contributed by atoms with E-state index in [0.717, 1.165) is 30.8 Å². The van der Waals surface area contributed by atoms with Crippen molar-refractivity contribution in [3.8, 4) is 5.75 Å². The van der Waals surface area contributed by atoms with Crippen LogP contribution in [0.15, 0.2) is 28.8 Å². The van der Waals surface area contributed by atoms with E-state index in [0.29, 0.717) is 36.6 Å². The van der Waals surface area contributed by atoms with Crippen molar-refractivity contribution in [2.45, 2.75) is 45.8 Å². The Hall–Kier alpha value is -2.34. The number of hydrogen-bond donors (Lipinski definition) is 1. The number of aromatic nitrogens is 1. The van der Waals surface area contributed by atoms with Crippen LogP contribution in [-0.4, -0.2) is 30.4 Å². The lowest BCUT2D eigenvalue weighted by molar-refractivity contribution is 0.0679. The summed E-state index contributed by atoms with van der Waals surface area (Å²) in [4.78, 5) is 12.4. The van der Waals surface area contributed by atoms with Crippen LogP contribution in [0.4, 0.5) is 0 Å². The van der Waals surface area contributed by atoms with E-state index in [1.807, 2.05) is 31.2 Å². The maximum Gasteiger partial charge on any atom is 0.257 e. The lowest BCUT2D eigenvalue weighted by Crippen LogP contribution is -2.24. The Balaban J connectivity index is 1.56. The summed E-state index contributed by atoms with van der Waals surface area (Å²) in [6, 6.07) is 7.74. The lowest BCUT2D eigenvalue weighted by Gasteiger charge is -2.12. The Morgan fingerprint density at radius 1 is 1.44 bits per heavy atom. The molecule has 1 aromatic carbocycles. The molecule has 1 amide bonds. The number of hydrogen-bond acceptors (Lipinski definition) is 5. The van der Waals surface area contributed by atoms with Gasteiger partial charge in [-0.3, -0.25) is 4.79 Å². The van der Waals surface area contributed by atoms with Crippen LogP contribution in [0.1, 0.15) is 47.1 Å². The first kappa shape index (κ1) is 17.5. The first-order valence-corrected chi connectivity index (χ1v) is 8.74. The van der Waals surface area contributed by atoms with Gasteiger partial charge in [0, 0.05) is 13.2 Å². The maximum atomic E-state index is 12.4. The number of ether oxygens (including phenoxy) is 2. The molecule has 0 aliphatic carbocycles. The molecular formula is C19H24N2O4. The molecule has 1 fully saturated rings. The summed E-state index contributed by atoms with van der Waals surface area (Å²) in [7, 11) is 0. The molecule has 6 nitrogen and oxygen atoms in total. The molecule has 3 rings (SSSR count). The summed E-state index contributed by atoms with van der Waals surface area (Å²) in [6.07, 6.45) is 3.00. The number of carbonyl (C=O) groups excluding carboxylic acids is 1. The van der Waals surface area contributed by atoms with Gasteiger partial charge in [0.05, 0.1) is 11.8 Å². The van der Waals surface area contributed by atoms with Crippen LogP contribution in [0.5, 0.6) is 5.75 Å². The minimum absolute atomic E-state index is 0.165. The molecule has 1 unspecified atom stereocenters. The van der Waals surface area contributed by atoms with Gasteiger partial charge in [0.25, 0.3) is 5.91 Å². The minimum atomic E-state index is -0.165. The summed E-state index contributed by atoms with van der Waals surface area (Å²) in [5, 5.41) is 6.84. The Kier molecular flexibility index (Phi) is 5.71. The largest absolute Gasteiger partial charge is 0.491 e. The molecule has 0 bridgehead atoms. The average Bonchev–Trinajstić information content (AvgIpc) is 3.27. The second-order valence-electron chi connectivity index (χ2n) is 6.19. The molecule has 0 spiro atoms. The van der Waals surface area contributed by atoms with Crippen molar-refractivity contribution < 1.29 is 18.8 Å². The van der Waals surface area contributed by atoms with Crippen LogP contribution in [0.25, 0.3) is 0 Å². The van der Waals surface area contributed by atoms with Crippen LogP contribution in [0, 0.1) is 6.92 Å². The molecule has 6 heteroatoms. The molecule has 1 aromatic heterocycles. The van der Waals surface area contributed by atoms with E-state index in [1.165, 1.54) is 0 Å². The molecule has 1 saturated heterocycles. The first-order chi connectivity index (χ1) is 12.2. The molecule has 134 valence electrons. The fraction of sp³-hybridized carbons (Fsp3) is 0.474. The molecule has 0 radical (unpaired) electrons. The van der Waals surface area contributed by atoms with E-state index in [9.17, 15) is 4.79 Å². The van der Waals surface area contributed by atoms with Crippen molar-refractivity contribution in [3.05, 3.63) is 46.8 Å². The number of nitrogens with one attached hydrogen (secondary N) is 1. The van der Waals surface area contributed by atoms with Gasteiger partial charge in [-0.25, -0.2) is 0 Å². The second kappa shape index (κ2) is 8.16. The SMILES string of the molecule is CCc1noc(C)c1C(=O)NCc1cccc(OCC2CCCO2)c1. The van der Waals surface area contributed by atoms with Gasteiger partial charge >= 0.3 is 0 Å². The number of aryl methyl sites for hydroxylation is 2. The van der Waals surface area contributed by atoms with E-state index in [4.69, 9.17) is 14.0 Å². The van der Waals surface area contributed by atoms with Gasteiger partial charge in [0.15, 0.2) is 0 Å². The van der Waals surface area contributed by atoms with Crippen LogP contribution in [-0.2, 0) is 17.7 Å². The molecule has 0 saturated carbocycles. The zero-order chi connectivity index (χ0) is 17.6. The number of carbonyl (C=O) groups is 1. The zero-order valence-electron chi connectivity index (χ0n) is 14.7. The monoisotopic (exact) mass is 344 g/mol. The zero-order valence-corrected chi connectivity index (χ0v) is 14.7. The highest BCUT2D eigenvalue weighted by Gasteiger charge is 2.19. The van der Waals surface area contributed by atoms with Gasteiger partial charge in [-0.05, 0) is 43.9 Å². The summed E-state index contributed by atoms with van der Waals surface area (Å²) in [5.41, 5.74) is 2.20. The molecule has 1 atom stereocenters. The predicted molar refractivity (Wildman–Crippen MR) is 92.7 cm³/mol. The van der Waals surface area contributed by atoms with Crippen molar-refractivity contribution in [3.63, 3.8) is 0 Å². The van der Waals surface area contributed by atoms with Crippen LogP contribution >= 0.6 is 0 Å². The highest BCUT2D eigenvalue weighted by molar-refractivity contribution is 5.96. The number of benzene rings is 1. The first-order valence-electron chi connectivity index (χ1n) is 8.74. The fourth-order valence-electron chi connectivity index (χ4n) is 2.93. The van der Waals surface area contributed by atoms with Crippen molar-refractivity contribution in [1.82, 2.24) is 10.5 Å². The van der Waals surface area contributed by atoms with Crippen molar-refractivity contribution in [2.75, 3.05) is 13.2 Å². The van der Waals surface area contributed by atoms with Gasteiger partial charge < -0.3 is 19.3 Å². The maximum absolute atomic E-state index is 12.4. The smallest absolute Gasteiger partial charge is 0.257 e. The molecule has 1 aliphatic heterocycles. The minimum Gasteiger partial charge on any atom is -0.491 e. The molecule has 2 heterocycles. The number of rotatable bonds is 7. The Labute approximate surface area is 147 Å². The van der Waals surface area contributed by atoms with Gasteiger partial charge in [-0.15, -0.1) is 0 Å². The molecule has 2 aromatic rings. The molecule has 1 aliphatic rings. The van der Waals surface area contributed by atoms with Crippen LogP contribution < -0.4 is 10.1 Å². The Morgan fingerprint density at radius 2 is 2.32 bits per heavy atom. The van der Waals surface area contributed by atoms with Gasteiger partial charge in [-0.2, -0.15) is 0 Å². The highest BCUT2D eigenvalue weighted by Crippen LogP contribution is 2.18. The third kappa shape index (κ3) is 4.39. The topological polar surface area (TPSA) is 73.6 Å². The summed E-state index contributed by atoms with van der Waals surface area (Å²) < 4.78 is 16.5. The van der Waals surface area contributed by atoms with Crippen molar-refractivity contribution >= 4 is 5.91 Å². The lowest BCUT2D eigenvalue weighted by atomic mass is 10.1. The van der Waals surface area contributed by atoms with Crippen molar-refractivity contribution in [2.24, 2.45) is 0 Å². The second-order valence-corrected chi connectivity index (χ2v) is 6.19. The number of nitrogens with zero attached hydrogens (tertiary/aromatic N) is 1. The molecular weight excluding hydrogens is 320 g/mol. The molecule has 1 N–H and O–H groups in total. The fourth-order valence-corrected chi connectivity index (χ4v) is 2.93. The van der Waals surface area contributed by atoms with Gasteiger partial charge in [0.2, 0.25) is 0 Å². The van der Waals surface area contributed by atoms with E-state index >= 15 is 0 Å². The van der Waals surface area contributed by atoms with Crippen LogP contribution in [0.3, 0.4) is 0 Å². The number of amides is 1. The van der Waals surface area contributed by atoms with E-state index < -0.39 is 0 Å².